The molecule has 4 rings (SSSR count). The van der Waals surface area contributed by atoms with Gasteiger partial charge in [0.1, 0.15) is 0 Å². The third kappa shape index (κ3) is 2.26. The predicted molar refractivity (Wildman–Crippen MR) is 106 cm³/mol. The van der Waals surface area contributed by atoms with Gasteiger partial charge in [-0.15, -0.1) is 5.69 Å². The Bertz CT molecular complexity index is 837. The molecule has 2 nitrogen and oxygen atoms in total. The van der Waals surface area contributed by atoms with E-state index in [9.17, 15) is 0 Å². The summed E-state index contributed by atoms with van der Waals surface area (Å²) in [5.74, 6) is 0. The van der Waals surface area contributed by atoms with Crippen molar-refractivity contribution in [3.63, 3.8) is 0 Å². The van der Waals surface area contributed by atoms with E-state index in [1.807, 2.05) is 12.1 Å². The maximum atomic E-state index is 3.36. The molecule has 1 aliphatic carbocycles. The van der Waals surface area contributed by atoms with Crippen molar-refractivity contribution in [3.05, 3.63) is 60.3 Å². The Morgan fingerprint density at radius 1 is 0.885 bits per heavy atom. The molecular formula is C23H28IrN2-2. The quantitative estimate of drug-likeness (QED) is 0.436. The van der Waals surface area contributed by atoms with E-state index in [4.69, 9.17) is 0 Å². The van der Waals surface area contributed by atoms with Crippen molar-refractivity contribution in [2.75, 3.05) is 16.8 Å². The van der Waals surface area contributed by atoms with E-state index in [2.05, 4.69) is 95.4 Å². The molecule has 141 valence electrons. The van der Waals surface area contributed by atoms with Crippen molar-refractivity contribution in [2.24, 2.45) is 5.41 Å². The fourth-order valence-corrected chi connectivity index (χ4v) is 4.56. The van der Waals surface area contributed by atoms with E-state index in [0.29, 0.717) is 0 Å². The monoisotopic (exact) mass is 525 g/mol. The summed E-state index contributed by atoms with van der Waals surface area (Å²) in [5, 5.41) is 0. The van der Waals surface area contributed by atoms with Crippen LogP contribution in [0.25, 0.3) is 0 Å². The summed E-state index contributed by atoms with van der Waals surface area (Å²) < 4.78 is 0. The fourth-order valence-electron chi connectivity index (χ4n) is 4.56. The summed E-state index contributed by atoms with van der Waals surface area (Å²) >= 11 is 0. The predicted octanol–water partition coefficient (Wildman–Crippen LogP) is 5.79. The average molecular weight is 525 g/mol. The van der Waals surface area contributed by atoms with E-state index in [1.54, 1.807) is 0 Å². The maximum absolute atomic E-state index is 3.36. The zero-order valence-electron chi connectivity index (χ0n) is 16.8. The van der Waals surface area contributed by atoms with Gasteiger partial charge >= 0.3 is 0 Å². The van der Waals surface area contributed by atoms with Gasteiger partial charge in [-0.25, -0.2) is 0 Å². The molecular weight excluding hydrogens is 496 g/mol. The van der Waals surface area contributed by atoms with Crippen LogP contribution >= 0.6 is 0 Å². The molecule has 3 heteroatoms. The van der Waals surface area contributed by atoms with Gasteiger partial charge in [0.05, 0.1) is 0 Å². The second kappa shape index (κ2) is 5.84. The molecule has 2 aromatic carbocycles. The molecule has 0 atom stereocenters. The molecule has 0 aromatic heterocycles. The first-order chi connectivity index (χ1) is 11.6. The molecule has 0 saturated heterocycles. The van der Waals surface area contributed by atoms with Gasteiger partial charge in [0.25, 0.3) is 0 Å². The van der Waals surface area contributed by atoms with E-state index < -0.39 is 0 Å². The fraction of sp³-hybridized carbons (Fsp3) is 0.435. The van der Waals surface area contributed by atoms with Crippen LogP contribution in [-0.4, -0.2) is 7.05 Å². The number of para-hydroxylation sites is 1. The Morgan fingerprint density at radius 2 is 1.46 bits per heavy atom. The van der Waals surface area contributed by atoms with E-state index in [0.717, 1.165) is 5.69 Å². The van der Waals surface area contributed by atoms with Crippen LogP contribution in [0.3, 0.4) is 0 Å². The summed E-state index contributed by atoms with van der Waals surface area (Å²) in [6.45, 7) is 16.6. The van der Waals surface area contributed by atoms with E-state index in [-0.39, 0.29) is 36.4 Å². The second-order valence-corrected chi connectivity index (χ2v) is 9.11. The first-order valence-corrected chi connectivity index (χ1v) is 9.12. The van der Waals surface area contributed by atoms with Crippen molar-refractivity contribution in [2.45, 2.75) is 52.4 Å². The van der Waals surface area contributed by atoms with Crippen LogP contribution in [0.15, 0.2) is 36.4 Å². The van der Waals surface area contributed by atoms with Gasteiger partial charge in [0.2, 0.25) is 0 Å². The molecule has 0 unspecified atom stereocenters. The molecule has 0 bridgehead atoms. The first kappa shape index (κ1) is 19.5. The molecule has 26 heavy (non-hydrogen) atoms. The maximum Gasteiger partial charge on any atom is 0.0329 e. The second-order valence-electron chi connectivity index (χ2n) is 9.11. The minimum absolute atomic E-state index is 0. The van der Waals surface area contributed by atoms with Crippen LogP contribution in [0.2, 0.25) is 0 Å². The molecule has 1 radical (unpaired) electrons. The molecule has 2 aromatic rings. The molecule has 0 spiro atoms. The summed E-state index contributed by atoms with van der Waals surface area (Å²) in [6, 6.07) is 16.4. The van der Waals surface area contributed by atoms with Crippen molar-refractivity contribution in [1.82, 2.24) is 0 Å². The Hall–Kier alpha value is -1.31. The van der Waals surface area contributed by atoms with Gasteiger partial charge in [0.15, 0.2) is 0 Å². The van der Waals surface area contributed by atoms with Gasteiger partial charge in [0, 0.05) is 31.5 Å². The molecule has 0 amide bonds. The Labute approximate surface area is 171 Å². The Balaban J connectivity index is 0.00000196. The number of hydrogen-bond donors (Lipinski definition) is 0. The largest absolute Gasteiger partial charge is 0.504 e. The number of benzene rings is 2. The summed E-state index contributed by atoms with van der Waals surface area (Å²) in [5.41, 5.74) is 7.02. The number of anilines is 3. The van der Waals surface area contributed by atoms with Gasteiger partial charge in [-0.3, -0.25) is 0 Å². The molecule has 0 fully saturated rings. The van der Waals surface area contributed by atoms with Crippen molar-refractivity contribution >= 4 is 17.1 Å². The molecule has 1 aliphatic heterocycles. The van der Waals surface area contributed by atoms with Crippen LogP contribution in [0.4, 0.5) is 17.1 Å². The van der Waals surface area contributed by atoms with Gasteiger partial charge in [-0.2, -0.15) is 37.0 Å². The van der Waals surface area contributed by atoms with Crippen LogP contribution in [-0.2, 0) is 30.9 Å². The minimum Gasteiger partial charge on any atom is -0.504 e. The third-order valence-electron chi connectivity index (χ3n) is 7.47. The average Bonchev–Trinajstić information content (AvgIpc) is 2.94. The molecule has 0 saturated carbocycles. The zero-order chi connectivity index (χ0) is 18.2. The van der Waals surface area contributed by atoms with Crippen molar-refractivity contribution in [1.29, 1.82) is 0 Å². The minimum atomic E-state index is 0. The number of nitrogens with zero attached hydrogens (tertiary/aromatic N) is 2. The Kier molecular flexibility index (Phi) is 4.37. The SMILES string of the molecule is CN1[CH-]N(c2[c-]cccc2)c2cc3c(cc21)C(C)(C)C(C)(C)C3(C)C.[Ir]. The summed E-state index contributed by atoms with van der Waals surface area (Å²) in [7, 11) is 2.13. The van der Waals surface area contributed by atoms with E-state index in [1.165, 1.54) is 22.5 Å². The standard InChI is InChI=1S/C23H28N2.Ir/c1-21(2)17-13-19-20(14-18(17)22(3,4)23(21,5)6)25(15-24(19)7)16-11-9-8-10-12-16;/h8-11,13-15H,1-7H3;/q-2;. The van der Waals surface area contributed by atoms with Crippen molar-refractivity contribution < 1.29 is 20.1 Å². The van der Waals surface area contributed by atoms with Gasteiger partial charge in [-0.05, 0) is 46.6 Å². The first-order valence-electron chi connectivity index (χ1n) is 9.12. The van der Waals surface area contributed by atoms with Crippen LogP contribution in [0.1, 0.15) is 52.7 Å². The normalized spacial score (nSPS) is 21.2. The van der Waals surface area contributed by atoms with Crippen LogP contribution in [0, 0.1) is 18.2 Å². The summed E-state index contributed by atoms with van der Waals surface area (Å²) in [4.78, 5) is 4.48. The van der Waals surface area contributed by atoms with E-state index >= 15 is 0 Å². The van der Waals surface area contributed by atoms with Crippen LogP contribution < -0.4 is 9.80 Å². The number of fused-ring (bicyclic) bond motifs is 2. The number of rotatable bonds is 1. The van der Waals surface area contributed by atoms with Crippen LogP contribution in [0.5, 0.6) is 0 Å². The number of hydrogen-bond acceptors (Lipinski definition) is 2. The smallest absolute Gasteiger partial charge is 0.0329 e. The van der Waals surface area contributed by atoms with Gasteiger partial charge in [-0.1, -0.05) is 41.5 Å². The topological polar surface area (TPSA) is 6.48 Å². The molecule has 2 aliphatic rings. The Morgan fingerprint density at radius 3 is 2.00 bits per heavy atom. The van der Waals surface area contributed by atoms with Gasteiger partial charge < -0.3 is 9.80 Å². The zero-order valence-corrected chi connectivity index (χ0v) is 19.2. The molecule has 0 N–H and O–H groups in total. The third-order valence-corrected chi connectivity index (χ3v) is 7.47. The van der Waals surface area contributed by atoms with Crippen molar-refractivity contribution in [3.8, 4) is 0 Å². The molecule has 1 heterocycles. The summed E-state index contributed by atoms with van der Waals surface area (Å²) in [6.07, 6.45) is 0.